The molecule has 0 saturated carbocycles. The number of thiophene rings is 1. The van der Waals surface area contributed by atoms with Gasteiger partial charge in [0.1, 0.15) is 10.6 Å². The lowest BCUT2D eigenvalue weighted by Crippen LogP contribution is -2.12. The van der Waals surface area contributed by atoms with Gasteiger partial charge in [-0.05, 0) is 30.7 Å². The molecule has 0 fully saturated rings. The Balaban J connectivity index is 1.92. The Bertz CT molecular complexity index is 786. The van der Waals surface area contributed by atoms with Gasteiger partial charge in [-0.3, -0.25) is 5.43 Å². The largest absolute Gasteiger partial charge is 0.365 e. The Kier molecular flexibility index (Phi) is 3.92. The number of benzene rings is 1. The molecule has 0 aliphatic carbocycles. The molecule has 0 aliphatic heterocycles. The summed E-state index contributed by atoms with van der Waals surface area (Å²) < 4.78 is 0. The topological polar surface area (TPSA) is 75.9 Å². The number of aromatic nitrogens is 2. The number of nitrogens with two attached hydrogens (primary N) is 1. The second-order valence-electron chi connectivity index (χ2n) is 4.60. The first-order valence-corrected chi connectivity index (χ1v) is 7.58. The summed E-state index contributed by atoms with van der Waals surface area (Å²) in [5, 5.41) is 5.04. The number of rotatable bonds is 4. The minimum atomic E-state index is 0.401. The van der Waals surface area contributed by atoms with E-state index in [-0.39, 0.29) is 0 Å². The standard InChI is InChI=1S/C14H14ClN5S/c1-8-5-11-12(18-14(20-16)19-13(11)21-8)17-7-9-3-2-4-10(15)6-9/h2-6H,7,16H2,1H3,(H2,17,18,19,20). The first kappa shape index (κ1) is 14.1. The van der Waals surface area contributed by atoms with Crippen LogP contribution in [-0.2, 0) is 6.54 Å². The smallest absolute Gasteiger partial charge is 0.240 e. The van der Waals surface area contributed by atoms with Crippen LogP contribution in [0.1, 0.15) is 10.4 Å². The minimum absolute atomic E-state index is 0.401. The van der Waals surface area contributed by atoms with E-state index < -0.39 is 0 Å². The third-order valence-electron chi connectivity index (χ3n) is 2.99. The lowest BCUT2D eigenvalue weighted by atomic mass is 10.2. The van der Waals surface area contributed by atoms with Crippen molar-refractivity contribution in [2.45, 2.75) is 13.5 Å². The van der Waals surface area contributed by atoms with E-state index in [0.29, 0.717) is 12.5 Å². The van der Waals surface area contributed by atoms with Gasteiger partial charge in [-0.1, -0.05) is 23.7 Å². The zero-order chi connectivity index (χ0) is 14.8. The second-order valence-corrected chi connectivity index (χ2v) is 6.27. The Morgan fingerprint density at radius 1 is 1.29 bits per heavy atom. The van der Waals surface area contributed by atoms with E-state index in [1.807, 2.05) is 31.2 Å². The fourth-order valence-corrected chi connectivity index (χ4v) is 3.17. The van der Waals surface area contributed by atoms with Gasteiger partial charge in [0.2, 0.25) is 5.95 Å². The summed E-state index contributed by atoms with van der Waals surface area (Å²) in [6.07, 6.45) is 0. The fraction of sp³-hybridized carbons (Fsp3) is 0.143. The van der Waals surface area contributed by atoms with Crippen LogP contribution < -0.4 is 16.6 Å². The van der Waals surface area contributed by atoms with Gasteiger partial charge in [-0.25, -0.2) is 10.8 Å². The van der Waals surface area contributed by atoms with E-state index in [2.05, 4.69) is 26.8 Å². The van der Waals surface area contributed by atoms with Gasteiger partial charge < -0.3 is 5.32 Å². The SMILES string of the molecule is Cc1cc2c(NCc3cccc(Cl)c3)nc(NN)nc2s1. The molecular formula is C14H14ClN5S. The molecular weight excluding hydrogens is 306 g/mol. The van der Waals surface area contributed by atoms with Crippen molar-refractivity contribution >= 4 is 44.9 Å². The van der Waals surface area contributed by atoms with Crippen LogP contribution >= 0.6 is 22.9 Å². The number of aryl methyl sites for hydroxylation is 1. The number of nitrogen functional groups attached to an aromatic ring is 1. The van der Waals surface area contributed by atoms with Crippen molar-refractivity contribution < 1.29 is 0 Å². The predicted octanol–water partition coefficient (Wildman–Crippen LogP) is 3.55. The van der Waals surface area contributed by atoms with Gasteiger partial charge in [0.05, 0.1) is 5.39 Å². The lowest BCUT2D eigenvalue weighted by Gasteiger charge is -2.08. The number of anilines is 2. The van der Waals surface area contributed by atoms with E-state index in [4.69, 9.17) is 17.4 Å². The molecule has 0 atom stereocenters. The van der Waals surface area contributed by atoms with Crippen molar-refractivity contribution in [3.63, 3.8) is 0 Å². The van der Waals surface area contributed by atoms with Crippen molar-refractivity contribution in [2.75, 3.05) is 10.7 Å². The van der Waals surface area contributed by atoms with Gasteiger partial charge in [0, 0.05) is 16.4 Å². The maximum Gasteiger partial charge on any atom is 0.240 e. The number of fused-ring (bicyclic) bond motifs is 1. The van der Waals surface area contributed by atoms with Crippen LogP contribution in [-0.4, -0.2) is 9.97 Å². The molecule has 4 N–H and O–H groups in total. The summed E-state index contributed by atoms with van der Waals surface area (Å²) in [7, 11) is 0. The van der Waals surface area contributed by atoms with E-state index in [1.54, 1.807) is 11.3 Å². The highest BCUT2D eigenvalue weighted by atomic mass is 35.5. The summed E-state index contributed by atoms with van der Waals surface area (Å²) in [6.45, 7) is 2.67. The highest BCUT2D eigenvalue weighted by Gasteiger charge is 2.10. The Morgan fingerprint density at radius 2 is 2.14 bits per heavy atom. The molecule has 0 saturated heterocycles. The molecule has 2 aromatic heterocycles. The number of nitrogens with one attached hydrogen (secondary N) is 2. The molecule has 7 heteroatoms. The van der Waals surface area contributed by atoms with Gasteiger partial charge in [-0.15, -0.1) is 11.3 Å². The molecule has 3 aromatic rings. The molecule has 0 radical (unpaired) electrons. The predicted molar refractivity (Wildman–Crippen MR) is 88.7 cm³/mol. The molecule has 3 rings (SSSR count). The van der Waals surface area contributed by atoms with Crippen LogP contribution in [0.15, 0.2) is 30.3 Å². The van der Waals surface area contributed by atoms with Crippen LogP contribution in [0.5, 0.6) is 0 Å². The van der Waals surface area contributed by atoms with Gasteiger partial charge in [0.25, 0.3) is 0 Å². The first-order valence-electron chi connectivity index (χ1n) is 6.39. The Hall–Kier alpha value is -1.89. The third kappa shape index (κ3) is 3.07. The van der Waals surface area contributed by atoms with Crippen molar-refractivity contribution in [3.8, 4) is 0 Å². The average molecular weight is 320 g/mol. The second kappa shape index (κ2) is 5.85. The molecule has 0 bridgehead atoms. The molecule has 0 amide bonds. The summed E-state index contributed by atoms with van der Waals surface area (Å²) in [5.74, 6) is 6.59. The van der Waals surface area contributed by atoms with Crippen LogP contribution in [0.2, 0.25) is 5.02 Å². The zero-order valence-corrected chi connectivity index (χ0v) is 12.9. The Morgan fingerprint density at radius 3 is 2.90 bits per heavy atom. The van der Waals surface area contributed by atoms with E-state index in [9.17, 15) is 0 Å². The van der Waals surface area contributed by atoms with Crippen LogP contribution in [0.4, 0.5) is 11.8 Å². The van der Waals surface area contributed by atoms with Crippen LogP contribution in [0.3, 0.4) is 0 Å². The molecule has 1 aromatic carbocycles. The zero-order valence-electron chi connectivity index (χ0n) is 11.4. The minimum Gasteiger partial charge on any atom is -0.365 e. The highest BCUT2D eigenvalue weighted by Crippen LogP contribution is 2.29. The molecule has 0 spiro atoms. The number of nitrogens with zero attached hydrogens (tertiary/aromatic N) is 2. The number of hydrogen-bond donors (Lipinski definition) is 3. The number of hydrogen-bond acceptors (Lipinski definition) is 6. The van der Waals surface area contributed by atoms with E-state index in [0.717, 1.165) is 26.6 Å². The van der Waals surface area contributed by atoms with Crippen molar-refractivity contribution in [3.05, 3.63) is 45.8 Å². The summed E-state index contributed by atoms with van der Waals surface area (Å²) in [5.41, 5.74) is 3.59. The monoisotopic (exact) mass is 319 g/mol. The third-order valence-corrected chi connectivity index (χ3v) is 4.17. The molecule has 0 aliphatic rings. The van der Waals surface area contributed by atoms with Crippen molar-refractivity contribution in [2.24, 2.45) is 5.84 Å². The maximum absolute atomic E-state index is 5.99. The van der Waals surface area contributed by atoms with Crippen molar-refractivity contribution in [1.29, 1.82) is 0 Å². The normalized spacial score (nSPS) is 10.8. The van der Waals surface area contributed by atoms with Gasteiger partial charge >= 0.3 is 0 Å². The van der Waals surface area contributed by atoms with E-state index >= 15 is 0 Å². The number of halogens is 1. The molecule has 108 valence electrons. The first-order chi connectivity index (χ1) is 10.2. The average Bonchev–Trinajstić information content (AvgIpc) is 2.85. The van der Waals surface area contributed by atoms with Crippen LogP contribution in [0, 0.1) is 6.92 Å². The fourth-order valence-electron chi connectivity index (χ4n) is 2.07. The van der Waals surface area contributed by atoms with E-state index in [1.165, 1.54) is 4.88 Å². The molecule has 0 unspecified atom stereocenters. The summed E-state index contributed by atoms with van der Waals surface area (Å²) in [4.78, 5) is 10.8. The van der Waals surface area contributed by atoms with Crippen LogP contribution in [0.25, 0.3) is 10.2 Å². The quantitative estimate of drug-likeness (QED) is 0.506. The van der Waals surface area contributed by atoms with Gasteiger partial charge in [-0.2, -0.15) is 4.98 Å². The molecule has 2 heterocycles. The lowest BCUT2D eigenvalue weighted by molar-refractivity contribution is 1.09. The molecule has 5 nitrogen and oxygen atoms in total. The Labute approximate surface area is 131 Å². The summed E-state index contributed by atoms with van der Waals surface area (Å²) in [6, 6.07) is 9.79. The summed E-state index contributed by atoms with van der Waals surface area (Å²) >= 11 is 7.61. The van der Waals surface area contributed by atoms with Gasteiger partial charge in [0.15, 0.2) is 0 Å². The maximum atomic E-state index is 5.99. The number of hydrazine groups is 1. The molecule has 21 heavy (non-hydrogen) atoms. The van der Waals surface area contributed by atoms with Crippen molar-refractivity contribution in [1.82, 2.24) is 9.97 Å². The highest BCUT2D eigenvalue weighted by molar-refractivity contribution is 7.18.